The molecule has 2 rings (SSSR count). The fraction of sp³-hybridized carbons (Fsp3) is 0.500. The van der Waals surface area contributed by atoms with Crippen molar-refractivity contribution < 1.29 is 4.79 Å². The molecular formula is C14H21N3O. The van der Waals surface area contributed by atoms with Gasteiger partial charge in [0.25, 0.3) is 0 Å². The highest BCUT2D eigenvalue weighted by molar-refractivity contribution is 5.92. The summed E-state index contributed by atoms with van der Waals surface area (Å²) in [6.45, 7) is 3.57. The Hall–Kier alpha value is -1.39. The van der Waals surface area contributed by atoms with Crippen molar-refractivity contribution in [3.8, 4) is 0 Å². The summed E-state index contributed by atoms with van der Waals surface area (Å²) in [6.07, 6.45) is 1.18. The molecule has 1 amide bonds. The van der Waals surface area contributed by atoms with Gasteiger partial charge in [-0.05, 0) is 44.6 Å². The summed E-state index contributed by atoms with van der Waals surface area (Å²) in [5.74, 6) is 0.755. The number of para-hydroxylation sites is 1. The molecule has 1 heterocycles. The monoisotopic (exact) mass is 247 g/mol. The van der Waals surface area contributed by atoms with Crippen molar-refractivity contribution in [2.45, 2.75) is 6.42 Å². The summed E-state index contributed by atoms with van der Waals surface area (Å²) in [7, 11) is 1.98. The maximum absolute atomic E-state index is 11.9. The van der Waals surface area contributed by atoms with E-state index in [0.717, 1.165) is 25.3 Å². The predicted octanol–water partition coefficient (Wildman–Crippen LogP) is 1.17. The zero-order chi connectivity index (χ0) is 12.8. The van der Waals surface area contributed by atoms with Crippen LogP contribution in [0.3, 0.4) is 0 Å². The van der Waals surface area contributed by atoms with Crippen LogP contribution in [0.5, 0.6) is 0 Å². The van der Waals surface area contributed by atoms with Gasteiger partial charge in [-0.3, -0.25) is 9.69 Å². The first-order valence-electron chi connectivity index (χ1n) is 6.50. The number of amides is 1. The van der Waals surface area contributed by atoms with Gasteiger partial charge in [-0.2, -0.15) is 0 Å². The molecule has 0 bridgehead atoms. The van der Waals surface area contributed by atoms with E-state index in [1.807, 2.05) is 37.4 Å². The normalized spacial score (nSPS) is 19.9. The van der Waals surface area contributed by atoms with Crippen LogP contribution >= 0.6 is 0 Å². The molecule has 1 aliphatic rings. The van der Waals surface area contributed by atoms with Gasteiger partial charge >= 0.3 is 0 Å². The van der Waals surface area contributed by atoms with E-state index in [9.17, 15) is 4.79 Å². The molecule has 1 aliphatic heterocycles. The molecule has 98 valence electrons. The summed E-state index contributed by atoms with van der Waals surface area (Å²) in [4.78, 5) is 14.1. The van der Waals surface area contributed by atoms with E-state index < -0.39 is 0 Å². The van der Waals surface area contributed by atoms with Gasteiger partial charge in [-0.1, -0.05) is 18.2 Å². The molecule has 18 heavy (non-hydrogen) atoms. The van der Waals surface area contributed by atoms with Crippen molar-refractivity contribution in [3.63, 3.8) is 0 Å². The Kier molecular flexibility index (Phi) is 4.73. The fourth-order valence-corrected chi connectivity index (χ4v) is 2.44. The summed E-state index contributed by atoms with van der Waals surface area (Å²) < 4.78 is 0. The quantitative estimate of drug-likeness (QED) is 0.821. The minimum Gasteiger partial charge on any atom is -0.325 e. The molecule has 1 aromatic carbocycles. The smallest absolute Gasteiger partial charge is 0.238 e. The van der Waals surface area contributed by atoms with Crippen LogP contribution < -0.4 is 10.6 Å². The minimum absolute atomic E-state index is 0.0753. The average molecular weight is 247 g/mol. The molecule has 4 nitrogen and oxygen atoms in total. The molecule has 0 spiro atoms. The Bertz CT molecular complexity index is 380. The number of hydrogen-bond acceptors (Lipinski definition) is 3. The van der Waals surface area contributed by atoms with E-state index in [1.54, 1.807) is 0 Å². The summed E-state index contributed by atoms with van der Waals surface area (Å²) in [5, 5.41) is 6.12. The summed E-state index contributed by atoms with van der Waals surface area (Å²) in [6, 6.07) is 9.61. The number of benzene rings is 1. The Morgan fingerprint density at radius 1 is 1.39 bits per heavy atom. The van der Waals surface area contributed by atoms with Crippen LogP contribution in [0.25, 0.3) is 0 Å². The molecule has 1 saturated heterocycles. The summed E-state index contributed by atoms with van der Waals surface area (Å²) in [5.41, 5.74) is 0.869. The number of carbonyl (C=O) groups excluding carboxylic acids is 1. The van der Waals surface area contributed by atoms with Gasteiger partial charge in [-0.25, -0.2) is 0 Å². The lowest BCUT2D eigenvalue weighted by atomic mass is 10.1. The third-order valence-electron chi connectivity index (χ3n) is 3.29. The number of anilines is 1. The molecule has 1 aromatic rings. The number of hydrogen-bond donors (Lipinski definition) is 2. The van der Waals surface area contributed by atoms with E-state index in [-0.39, 0.29) is 5.91 Å². The van der Waals surface area contributed by atoms with Gasteiger partial charge in [0, 0.05) is 12.2 Å². The van der Waals surface area contributed by atoms with Gasteiger partial charge in [0.1, 0.15) is 0 Å². The largest absolute Gasteiger partial charge is 0.325 e. The Labute approximate surface area is 108 Å². The van der Waals surface area contributed by atoms with Crippen molar-refractivity contribution in [2.75, 3.05) is 38.5 Å². The fourth-order valence-electron chi connectivity index (χ4n) is 2.44. The lowest BCUT2D eigenvalue weighted by molar-refractivity contribution is -0.117. The van der Waals surface area contributed by atoms with Crippen molar-refractivity contribution in [1.29, 1.82) is 0 Å². The zero-order valence-corrected chi connectivity index (χ0v) is 10.9. The molecule has 0 aromatic heterocycles. The third-order valence-corrected chi connectivity index (χ3v) is 3.29. The molecular weight excluding hydrogens is 226 g/mol. The van der Waals surface area contributed by atoms with Crippen LogP contribution in [0.4, 0.5) is 5.69 Å². The van der Waals surface area contributed by atoms with Crippen LogP contribution in [0, 0.1) is 5.92 Å². The second-order valence-electron chi connectivity index (χ2n) is 4.86. The minimum atomic E-state index is 0.0753. The van der Waals surface area contributed by atoms with Crippen molar-refractivity contribution in [3.05, 3.63) is 30.3 Å². The molecule has 2 N–H and O–H groups in total. The van der Waals surface area contributed by atoms with Gasteiger partial charge in [-0.15, -0.1) is 0 Å². The van der Waals surface area contributed by atoms with Crippen LogP contribution in [-0.2, 0) is 4.79 Å². The van der Waals surface area contributed by atoms with E-state index in [4.69, 9.17) is 0 Å². The van der Waals surface area contributed by atoms with Crippen LogP contribution in [-0.4, -0.2) is 44.0 Å². The SMILES string of the molecule is CNCC1CCN(CC(=O)Nc2ccccc2)C1. The maximum atomic E-state index is 11.9. The average Bonchev–Trinajstić information content (AvgIpc) is 2.78. The number of likely N-dealkylation sites (tertiary alicyclic amines) is 1. The molecule has 0 radical (unpaired) electrons. The zero-order valence-electron chi connectivity index (χ0n) is 10.9. The molecule has 0 aliphatic carbocycles. The van der Waals surface area contributed by atoms with Crippen molar-refractivity contribution >= 4 is 11.6 Å². The summed E-state index contributed by atoms with van der Waals surface area (Å²) >= 11 is 0. The lowest BCUT2D eigenvalue weighted by Gasteiger charge is -2.15. The molecule has 4 heteroatoms. The van der Waals surface area contributed by atoms with Crippen LogP contribution in [0.1, 0.15) is 6.42 Å². The topological polar surface area (TPSA) is 44.4 Å². The molecule has 0 saturated carbocycles. The highest BCUT2D eigenvalue weighted by Gasteiger charge is 2.23. The Morgan fingerprint density at radius 2 is 2.17 bits per heavy atom. The van der Waals surface area contributed by atoms with E-state index in [2.05, 4.69) is 15.5 Å². The molecule has 1 atom stereocenters. The van der Waals surface area contributed by atoms with Gasteiger partial charge in [0.15, 0.2) is 0 Å². The number of nitrogens with one attached hydrogen (secondary N) is 2. The highest BCUT2D eigenvalue weighted by Crippen LogP contribution is 2.15. The molecule has 1 unspecified atom stereocenters. The number of carbonyl (C=O) groups is 1. The first-order chi connectivity index (χ1) is 8.78. The second kappa shape index (κ2) is 6.52. The van der Waals surface area contributed by atoms with E-state index in [1.165, 1.54) is 6.42 Å². The third kappa shape index (κ3) is 3.82. The number of rotatable bonds is 5. The maximum Gasteiger partial charge on any atom is 0.238 e. The standard InChI is InChI=1S/C14H21N3O/c1-15-9-12-7-8-17(10-12)11-14(18)16-13-5-3-2-4-6-13/h2-6,12,15H,7-11H2,1H3,(H,16,18). The highest BCUT2D eigenvalue weighted by atomic mass is 16.2. The Balaban J connectivity index is 1.75. The number of nitrogens with zero attached hydrogens (tertiary/aromatic N) is 1. The Morgan fingerprint density at radius 3 is 2.89 bits per heavy atom. The first-order valence-corrected chi connectivity index (χ1v) is 6.50. The van der Waals surface area contributed by atoms with E-state index in [0.29, 0.717) is 12.5 Å². The van der Waals surface area contributed by atoms with Gasteiger partial charge in [0.05, 0.1) is 6.54 Å². The van der Waals surface area contributed by atoms with E-state index >= 15 is 0 Å². The first kappa shape index (κ1) is 13.1. The molecule has 1 fully saturated rings. The van der Waals surface area contributed by atoms with Crippen molar-refractivity contribution in [2.24, 2.45) is 5.92 Å². The predicted molar refractivity (Wildman–Crippen MR) is 73.5 cm³/mol. The van der Waals surface area contributed by atoms with Gasteiger partial charge in [0.2, 0.25) is 5.91 Å². The van der Waals surface area contributed by atoms with Crippen LogP contribution in [0.2, 0.25) is 0 Å². The second-order valence-corrected chi connectivity index (χ2v) is 4.86. The van der Waals surface area contributed by atoms with Crippen molar-refractivity contribution in [1.82, 2.24) is 10.2 Å². The lowest BCUT2D eigenvalue weighted by Crippen LogP contribution is -2.32. The van der Waals surface area contributed by atoms with Crippen LogP contribution in [0.15, 0.2) is 30.3 Å². The van der Waals surface area contributed by atoms with Gasteiger partial charge < -0.3 is 10.6 Å².